The van der Waals surface area contributed by atoms with Gasteiger partial charge in [0.25, 0.3) is 0 Å². The van der Waals surface area contributed by atoms with E-state index in [9.17, 15) is 4.79 Å². The predicted octanol–water partition coefficient (Wildman–Crippen LogP) is 1.01. The van der Waals surface area contributed by atoms with Crippen LogP contribution in [0.2, 0.25) is 0 Å². The van der Waals surface area contributed by atoms with Crippen molar-refractivity contribution in [2.24, 2.45) is 0 Å². The molecule has 2 unspecified atom stereocenters. The van der Waals surface area contributed by atoms with Gasteiger partial charge in [-0.2, -0.15) is 0 Å². The van der Waals surface area contributed by atoms with Crippen molar-refractivity contribution in [1.82, 2.24) is 0 Å². The number of halogens is 1. The molecule has 0 heterocycles. The zero-order valence-electron chi connectivity index (χ0n) is 6.25. The van der Waals surface area contributed by atoms with Gasteiger partial charge in [-0.25, -0.2) is 4.79 Å². The Hall–Kier alpha value is -0.540. The first-order valence-electron chi connectivity index (χ1n) is 3.19. The first-order valence-corrected chi connectivity index (χ1v) is 3.63. The molecule has 0 bridgehead atoms. The molecule has 2 atom stereocenters. The summed E-state index contributed by atoms with van der Waals surface area (Å²) < 4.78 is 0. The minimum absolute atomic E-state index is 0.0763. The average molecular weight is 179 g/mol. The van der Waals surface area contributed by atoms with Crippen molar-refractivity contribution in [3.05, 3.63) is 12.2 Å². The zero-order chi connectivity index (χ0) is 9.02. The van der Waals surface area contributed by atoms with Crippen LogP contribution in [0.1, 0.15) is 13.3 Å². The summed E-state index contributed by atoms with van der Waals surface area (Å²) in [6, 6.07) is 0. The van der Waals surface area contributed by atoms with Crippen LogP contribution in [0.25, 0.3) is 0 Å². The Balaban J connectivity index is 3.93. The largest absolute Gasteiger partial charge is 0.478 e. The molecule has 0 saturated carbocycles. The summed E-state index contributed by atoms with van der Waals surface area (Å²) in [6.45, 7) is 4.81. The van der Waals surface area contributed by atoms with E-state index in [0.717, 1.165) is 0 Å². The average Bonchev–Trinajstić information content (AvgIpc) is 1.84. The van der Waals surface area contributed by atoms with Gasteiger partial charge in [0.1, 0.15) is 0 Å². The molecule has 0 fully saturated rings. The minimum Gasteiger partial charge on any atom is -0.478 e. The maximum atomic E-state index is 10.3. The number of aliphatic carboxylic acids is 1. The Kier molecular flexibility index (Phi) is 4.15. The van der Waals surface area contributed by atoms with Crippen molar-refractivity contribution >= 4 is 17.6 Å². The van der Waals surface area contributed by atoms with Gasteiger partial charge in [-0.05, 0) is 13.3 Å². The number of hydrogen-bond donors (Lipinski definition) is 2. The number of carboxylic acid groups (broad SMARTS) is 1. The molecule has 2 N–H and O–H groups in total. The quantitative estimate of drug-likeness (QED) is 0.499. The molecular weight excluding hydrogens is 168 g/mol. The van der Waals surface area contributed by atoms with Gasteiger partial charge in [-0.15, -0.1) is 11.6 Å². The number of aliphatic hydroxyl groups excluding tert-OH is 1. The molecule has 3 nitrogen and oxygen atoms in total. The van der Waals surface area contributed by atoms with E-state index in [4.69, 9.17) is 21.8 Å². The smallest absolute Gasteiger partial charge is 0.332 e. The Morgan fingerprint density at radius 1 is 1.73 bits per heavy atom. The van der Waals surface area contributed by atoms with Crippen LogP contribution in [-0.4, -0.2) is 27.7 Å². The lowest BCUT2D eigenvalue weighted by atomic mass is 10.1. The summed E-state index contributed by atoms with van der Waals surface area (Å²) in [7, 11) is 0. The van der Waals surface area contributed by atoms with Crippen LogP contribution in [0.15, 0.2) is 12.2 Å². The summed E-state index contributed by atoms with van der Waals surface area (Å²) in [5.41, 5.74) is -0.0763. The van der Waals surface area contributed by atoms with Crippen LogP contribution >= 0.6 is 11.6 Å². The van der Waals surface area contributed by atoms with E-state index in [-0.39, 0.29) is 12.0 Å². The maximum Gasteiger partial charge on any atom is 0.332 e. The molecule has 11 heavy (non-hydrogen) atoms. The second-order valence-electron chi connectivity index (χ2n) is 2.38. The second-order valence-corrected chi connectivity index (χ2v) is 2.91. The second kappa shape index (κ2) is 4.36. The molecule has 0 radical (unpaired) electrons. The topological polar surface area (TPSA) is 57.5 Å². The SMILES string of the molecule is C=C(C(=O)O)C(Cl)CC(C)O. The number of hydrogen-bond acceptors (Lipinski definition) is 2. The van der Waals surface area contributed by atoms with E-state index in [1.54, 1.807) is 6.92 Å². The van der Waals surface area contributed by atoms with Crippen molar-refractivity contribution in [2.45, 2.75) is 24.8 Å². The number of carboxylic acids is 1. The van der Waals surface area contributed by atoms with E-state index in [1.165, 1.54) is 0 Å². The standard InChI is InChI=1S/C7H11ClO3/c1-4(9)3-6(8)5(2)7(10)11/h4,6,9H,2-3H2,1H3,(H,10,11). The van der Waals surface area contributed by atoms with Crippen molar-refractivity contribution in [3.63, 3.8) is 0 Å². The number of aliphatic hydroxyl groups is 1. The van der Waals surface area contributed by atoms with Crippen molar-refractivity contribution in [1.29, 1.82) is 0 Å². The summed E-state index contributed by atoms with van der Waals surface area (Å²) >= 11 is 5.58. The van der Waals surface area contributed by atoms with Crippen LogP contribution in [0.4, 0.5) is 0 Å². The molecule has 0 saturated heterocycles. The Morgan fingerprint density at radius 3 is 2.45 bits per heavy atom. The molecule has 0 aromatic rings. The van der Waals surface area contributed by atoms with Gasteiger partial charge in [0.2, 0.25) is 0 Å². The molecular formula is C7H11ClO3. The van der Waals surface area contributed by atoms with Crippen molar-refractivity contribution < 1.29 is 15.0 Å². The van der Waals surface area contributed by atoms with Gasteiger partial charge >= 0.3 is 5.97 Å². The number of alkyl halides is 1. The molecule has 0 aromatic carbocycles. The molecule has 0 aromatic heterocycles. The van der Waals surface area contributed by atoms with Crippen LogP contribution in [0, 0.1) is 0 Å². The van der Waals surface area contributed by atoms with Gasteiger partial charge < -0.3 is 10.2 Å². The minimum atomic E-state index is -1.12. The highest BCUT2D eigenvalue weighted by Crippen LogP contribution is 2.14. The lowest BCUT2D eigenvalue weighted by Gasteiger charge is -2.10. The molecule has 64 valence electrons. The number of rotatable bonds is 4. The Bertz CT molecular complexity index is 165. The monoisotopic (exact) mass is 178 g/mol. The Labute approximate surface area is 70.3 Å². The normalized spacial score (nSPS) is 15.5. The summed E-state index contributed by atoms with van der Waals surface area (Å²) in [4.78, 5) is 10.3. The third kappa shape index (κ3) is 4.01. The highest BCUT2D eigenvalue weighted by molar-refractivity contribution is 6.25. The molecule has 0 spiro atoms. The number of carbonyl (C=O) groups is 1. The maximum absolute atomic E-state index is 10.3. The van der Waals surface area contributed by atoms with Crippen LogP contribution in [0.5, 0.6) is 0 Å². The van der Waals surface area contributed by atoms with Crippen LogP contribution in [-0.2, 0) is 4.79 Å². The van der Waals surface area contributed by atoms with E-state index in [1.807, 2.05) is 0 Å². The molecule has 4 heteroatoms. The van der Waals surface area contributed by atoms with E-state index >= 15 is 0 Å². The first kappa shape index (κ1) is 10.5. The highest BCUT2D eigenvalue weighted by atomic mass is 35.5. The highest BCUT2D eigenvalue weighted by Gasteiger charge is 2.16. The lowest BCUT2D eigenvalue weighted by Crippen LogP contribution is -2.16. The first-order chi connectivity index (χ1) is 4.95. The van der Waals surface area contributed by atoms with Gasteiger partial charge in [0.05, 0.1) is 11.5 Å². The summed E-state index contributed by atoms with van der Waals surface area (Å²) in [5, 5.41) is 16.5. The molecule has 0 rings (SSSR count). The summed E-state index contributed by atoms with van der Waals surface area (Å²) in [5.74, 6) is -1.12. The van der Waals surface area contributed by atoms with Crippen LogP contribution in [0.3, 0.4) is 0 Å². The fourth-order valence-electron chi connectivity index (χ4n) is 0.576. The van der Waals surface area contributed by atoms with Gasteiger partial charge in [0.15, 0.2) is 0 Å². The van der Waals surface area contributed by atoms with Gasteiger partial charge in [-0.3, -0.25) is 0 Å². The third-order valence-corrected chi connectivity index (χ3v) is 1.64. The third-order valence-electron chi connectivity index (χ3n) is 1.20. The van der Waals surface area contributed by atoms with Crippen LogP contribution < -0.4 is 0 Å². The molecule has 0 aliphatic heterocycles. The van der Waals surface area contributed by atoms with E-state index < -0.39 is 17.5 Å². The molecule has 0 amide bonds. The fraction of sp³-hybridized carbons (Fsp3) is 0.571. The fourth-order valence-corrected chi connectivity index (χ4v) is 0.927. The van der Waals surface area contributed by atoms with Crippen molar-refractivity contribution in [2.75, 3.05) is 0 Å². The van der Waals surface area contributed by atoms with E-state index in [0.29, 0.717) is 0 Å². The molecule has 0 aliphatic rings. The van der Waals surface area contributed by atoms with E-state index in [2.05, 4.69) is 6.58 Å². The molecule has 0 aliphatic carbocycles. The van der Waals surface area contributed by atoms with Gasteiger partial charge in [0, 0.05) is 5.57 Å². The zero-order valence-corrected chi connectivity index (χ0v) is 7.01. The lowest BCUT2D eigenvalue weighted by molar-refractivity contribution is -0.132. The Morgan fingerprint density at radius 2 is 2.18 bits per heavy atom. The van der Waals surface area contributed by atoms with Crippen molar-refractivity contribution in [3.8, 4) is 0 Å². The summed E-state index contributed by atoms with van der Waals surface area (Å²) in [6.07, 6.45) is -0.388. The van der Waals surface area contributed by atoms with Gasteiger partial charge in [-0.1, -0.05) is 6.58 Å². The predicted molar refractivity (Wildman–Crippen MR) is 42.7 cm³/mol.